The van der Waals surface area contributed by atoms with Crippen LogP contribution in [0.5, 0.6) is 11.5 Å². The highest BCUT2D eigenvalue weighted by atomic mass is 19.1. The molecule has 14 nitrogen and oxygen atoms in total. The van der Waals surface area contributed by atoms with Crippen molar-refractivity contribution in [3.05, 3.63) is 70.3 Å². The average molecular weight is 679 g/mol. The van der Waals surface area contributed by atoms with Crippen molar-refractivity contribution in [3.63, 3.8) is 0 Å². The van der Waals surface area contributed by atoms with Crippen LogP contribution >= 0.6 is 0 Å². The summed E-state index contributed by atoms with van der Waals surface area (Å²) in [5.41, 5.74) is -1.55. The number of carbonyl (C=O) groups is 2. The molecule has 2 aromatic carbocycles. The van der Waals surface area contributed by atoms with Crippen LogP contribution in [0.1, 0.15) is 42.6 Å². The summed E-state index contributed by atoms with van der Waals surface area (Å²) in [4.78, 5) is 41.5. The molecule has 8 rings (SSSR count). The summed E-state index contributed by atoms with van der Waals surface area (Å²) < 4.78 is 56.8. The zero-order valence-electron chi connectivity index (χ0n) is 26.4. The van der Waals surface area contributed by atoms with Gasteiger partial charge in [-0.1, -0.05) is 5.21 Å². The molecule has 5 heterocycles. The highest BCUT2D eigenvalue weighted by molar-refractivity contribution is 5.98. The molecule has 49 heavy (non-hydrogen) atoms. The van der Waals surface area contributed by atoms with E-state index in [1.165, 1.54) is 34.1 Å². The Bertz CT molecular complexity index is 2040. The molecular weight excluding hydrogens is 646 g/mol. The molecule has 0 radical (unpaired) electrons. The van der Waals surface area contributed by atoms with E-state index in [0.717, 1.165) is 25.0 Å². The van der Waals surface area contributed by atoms with Gasteiger partial charge in [-0.3, -0.25) is 9.69 Å². The quantitative estimate of drug-likeness (QED) is 0.260. The lowest BCUT2D eigenvalue weighted by atomic mass is 10.0. The number of cyclic esters (lactones) is 1. The van der Waals surface area contributed by atoms with Crippen molar-refractivity contribution < 1.29 is 42.4 Å². The van der Waals surface area contributed by atoms with E-state index >= 15 is 8.78 Å². The van der Waals surface area contributed by atoms with Gasteiger partial charge in [-0.15, -0.1) is 5.10 Å². The van der Waals surface area contributed by atoms with Gasteiger partial charge in [-0.2, -0.15) is 0 Å². The molecule has 3 aliphatic heterocycles. The fourth-order valence-electron chi connectivity index (χ4n) is 6.95. The molecule has 4 aliphatic rings. The lowest BCUT2D eigenvalue weighted by Gasteiger charge is -2.34. The fraction of sp³-hybridized carbons (Fsp3) is 0.424. The number of pyridine rings is 1. The number of nitrogens with zero attached hydrogens (tertiary/aromatic N) is 6. The van der Waals surface area contributed by atoms with Gasteiger partial charge in [0.1, 0.15) is 36.2 Å². The number of esters is 1. The Labute approximate surface area is 277 Å². The monoisotopic (exact) mass is 678 g/mol. The Morgan fingerprint density at radius 1 is 1.16 bits per heavy atom. The van der Waals surface area contributed by atoms with E-state index < -0.39 is 46.9 Å². The number of ether oxygens (including phenoxy) is 4. The van der Waals surface area contributed by atoms with Crippen LogP contribution in [0.3, 0.4) is 0 Å². The first-order valence-electron chi connectivity index (χ1n) is 16.1. The van der Waals surface area contributed by atoms with E-state index in [1.54, 1.807) is 22.6 Å². The number of hydrogen-bond donors (Lipinski definition) is 1. The van der Waals surface area contributed by atoms with E-state index in [9.17, 15) is 19.5 Å². The zero-order chi connectivity index (χ0) is 34.0. The molecule has 1 aliphatic carbocycles. The van der Waals surface area contributed by atoms with Gasteiger partial charge >= 0.3 is 12.1 Å². The van der Waals surface area contributed by atoms with Crippen LogP contribution in [-0.4, -0.2) is 87.4 Å². The summed E-state index contributed by atoms with van der Waals surface area (Å²) in [7, 11) is 0. The minimum absolute atomic E-state index is 0.00882. The first kappa shape index (κ1) is 31.0. The molecule has 4 aromatic rings. The Hall–Kier alpha value is -5.25. The maximum Gasteiger partial charge on any atom is 0.414 e. The molecular formula is C33H32F2N6O8. The van der Waals surface area contributed by atoms with Gasteiger partial charge < -0.3 is 33.5 Å². The zero-order valence-corrected chi connectivity index (χ0v) is 26.4. The van der Waals surface area contributed by atoms with Crippen LogP contribution in [0.4, 0.5) is 25.0 Å². The molecule has 1 saturated carbocycles. The highest BCUT2D eigenvalue weighted by Crippen LogP contribution is 2.48. The summed E-state index contributed by atoms with van der Waals surface area (Å²) in [5, 5.41) is 19.2. The Kier molecular flexibility index (Phi) is 7.42. The van der Waals surface area contributed by atoms with Gasteiger partial charge in [0.15, 0.2) is 23.1 Å². The first-order chi connectivity index (χ1) is 23.6. The highest BCUT2D eigenvalue weighted by Gasteiger charge is 2.48. The van der Waals surface area contributed by atoms with E-state index in [2.05, 4.69) is 10.3 Å². The van der Waals surface area contributed by atoms with Gasteiger partial charge in [-0.05, 0) is 38.0 Å². The second kappa shape index (κ2) is 11.7. The van der Waals surface area contributed by atoms with E-state index in [-0.39, 0.29) is 79.2 Å². The molecule has 0 unspecified atom stereocenters. The number of amides is 1. The third-order valence-corrected chi connectivity index (χ3v) is 9.32. The SMILES string of the molecule is CCOC(=O)c1cn(C2CC2)c2c3c(c(F)cc2c1=O)N1C[C@](O)(COc2ccc(N4C[C@H](Cn5ccnn5)OC4=O)cc2F)C[C@@H]1CO3. The average Bonchev–Trinajstić information content (AvgIpc) is 3.49. The van der Waals surface area contributed by atoms with Crippen LogP contribution in [0.15, 0.2) is 47.7 Å². The van der Waals surface area contributed by atoms with Crippen molar-refractivity contribution in [2.75, 3.05) is 42.7 Å². The Morgan fingerprint density at radius 3 is 2.73 bits per heavy atom. The summed E-state index contributed by atoms with van der Waals surface area (Å²) in [6.07, 6.45) is 5.30. The number of aliphatic hydroxyl groups is 1. The van der Waals surface area contributed by atoms with Crippen LogP contribution in [0.25, 0.3) is 10.9 Å². The number of rotatable bonds is 9. The second-order valence-corrected chi connectivity index (χ2v) is 12.8. The van der Waals surface area contributed by atoms with Gasteiger partial charge in [0.25, 0.3) is 0 Å². The topological polar surface area (TPSA) is 150 Å². The molecule has 2 aromatic heterocycles. The number of hydrogen-bond acceptors (Lipinski definition) is 11. The fourth-order valence-corrected chi connectivity index (χ4v) is 6.95. The van der Waals surface area contributed by atoms with Gasteiger partial charge in [0.2, 0.25) is 5.43 Å². The Balaban J connectivity index is 1.01. The maximum atomic E-state index is 15.9. The van der Waals surface area contributed by atoms with Gasteiger partial charge in [-0.25, -0.2) is 23.1 Å². The summed E-state index contributed by atoms with van der Waals surface area (Å²) in [6.45, 7) is 1.96. The molecule has 1 N–H and O–H groups in total. The van der Waals surface area contributed by atoms with Crippen LogP contribution in [-0.2, 0) is 16.0 Å². The van der Waals surface area contributed by atoms with Crippen LogP contribution in [0, 0.1) is 11.6 Å². The summed E-state index contributed by atoms with van der Waals surface area (Å²) in [6, 6.07) is 4.76. The lowest BCUT2D eigenvalue weighted by molar-refractivity contribution is 0.00980. The summed E-state index contributed by atoms with van der Waals surface area (Å²) in [5.74, 6) is -2.21. The number of aromatic nitrogens is 4. The van der Waals surface area contributed by atoms with E-state index in [4.69, 9.17) is 18.9 Å². The predicted molar refractivity (Wildman–Crippen MR) is 168 cm³/mol. The molecule has 1 amide bonds. The van der Waals surface area contributed by atoms with Crippen molar-refractivity contribution in [2.45, 2.75) is 56.5 Å². The minimum atomic E-state index is -1.50. The largest absolute Gasteiger partial charge is 0.487 e. The molecule has 16 heteroatoms. The number of anilines is 2. The molecule has 3 atom stereocenters. The lowest BCUT2D eigenvalue weighted by Crippen LogP contribution is -2.41. The van der Waals surface area contributed by atoms with Crippen molar-refractivity contribution in [1.82, 2.24) is 19.6 Å². The second-order valence-electron chi connectivity index (χ2n) is 12.8. The maximum absolute atomic E-state index is 15.9. The standard InChI is InChI=1S/C33H32F2N6O8/c1-2-46-31(43)23-14-39(18-3-4-18)27-22(29(23)42)10-25(35)28-30(27)47-15-20-11-33(45,16-41(20)28)17-48-26-6-5-19(9-24(26)34)40-13-21(49-32(40)44)12-38-8-7-36-37-38/h5-10,14,18,20-21,45H,2-4,11-13,15-17H2,1H3/t20-,21+,33+/m1/s1. The van der Waals surface area contributed by atoms with Gasteiger partial charge in [0.05, 0.1) is 55.1 Å². The number of halogens is 2. The van der Waals surface area contributed by atoms with Crippen molar-refractivity contribution in [3.8, 4) is 11.5 Å². The number of benzene rings is 2. The van der Waals surface area contributed by atoms with Crippen molar-refractivity contribution in [1.29, 1.82) is 0 Å². The summed E-state index contributed by atoms with van der Waals surface area (Å²) >= 11 is 0. The van der Waals surface area contributed by atoms with Crippen LogP contribution < -0.4 is 24.7 Å². The molecule has 0 spiro atoms. The molecule has 256 valence electrons. The number of fused-ring (bicyclic) bond motifs is 5. The van der Waals surface area contributed by atoms with E-state index in [0.29, 0.717) is 12.1 Å². The van der Waals surface area contributed by atoms with Crippen LogP contribution in [0.2, 0.25) is 0 Å². The van der Waals surface area contributed by atoms with Gasteiger partial charge in [0, 0.05) is 30.9 Å². The molecule has 2 saturated heterocycles. The van der Waals surface area contributed by atoms with Crippen molar-refractivity contribution in [2.24, 2.45) is 0 Å². The third-order valence-electron chi connectivity index (χ3n) is 9.32. The Morgan fingerprint density at radius 2 is 2.00 bits per heavy atom. The molecule has 3 fully saturated rings. The smallest absolute Gasteiger partial charge is 0.414 e. The normalized spacial score (nSPS) is 22.9. The third kappa shape index (κ3) is 5.49. The van der Waals surface area contributed by atoms with E-state index in [1.807, 2.05) is 0 Å². The number of carbonyl (C=O) groups excluding carboxylic acids is 2. The van der Waals surface area contributed by atoms with Crippen molar-refractivity contribution >= 4 is 34.3 Å². The molecule has 0 bridgehead atoms. The predicted octanol–water partition coefficient (Wildman–Crippen LogP) is 3.19. The minimum Gasteiger partial charge on any atom is -0.487 e. The first-order valence-corrected chi connectivity index (χ1v) is 16.1.